The first-order valence-electron chi connectivity index (χ1n) is 10.1. The summed E-state index contributed by atoms with van der Waals surface area (Å²) in [6, 6.07) is 21.3. The van der Waals surface area contributed by atoms with Crippen LogP contribution in [0.1, 0.15) is 28.7 Å². The van der Waals surface area contributed by atoms with Gasteiger partial charge in [-0.3, -0.25) is 4.79 Å². The highest BCUT2D eigenvalue weighted by atomic mass is 32.2. The molecule has 0 radical (unpaired) electrons. The Balaban J connectivity index is 1.77. The number of rotatable bonds is 8. The summed E-state index contributed by atoms with van der Waals surface area (Å²) in [5.41, 5.74) is 2.84. The minimum absolute atomic E-state index is 0.140. The number of hydrogen-bond acceptors (Lipinski definition) is 4. The van der Waals surface area contributed by atoms with Crippen molar-refractivity contribution in [2.75, 3.05) is 5.75 Å². The van der Waals surface area contributed by atoms with Crippen molar-refractivity contribution in [1.29, 1.82) is 5.26 Å². The zero-order chi connectivity index (χ0) is 23.1. The van der Waals surface area contributed by atoms with Crippen LogP contribution in [-0.2, 0) is 27.7 Å². The summed E-state index contributed by atoms with van der Waals surface area (Å²) < 4.78 is 38.9. The molecule has 0 saturated heterocycles. The highest BCUT2D eigenvalue weighted by Gasteiger charge is 2.20. The molecule has 0 aromatic heterocycles. The number of aryl methyl sites for hydroxylation is 1. The molecule has 0 N–H and O–H groups in total. The molecule has 164 valence electrons. The maximum atomic E-state index is 13.6. The molecule has 0 fully saturated rings. The summed E-state index contributed by atoms with van der Waals surface area (Å²) in [6.45, 7) is 2.22. The lowest BCUT2D eigenvalue weighted by Crippen LogP contribution is -2.31. The lowest BCUT2D eigenvalue weighted by Gasteiger charge is -2.23. The van der Waals surface area contributed by atoms with Gasteiger partial charge in [-0.25, -0.2) is 12.8 Å². The molecule has 32 heavy (non-hydrogen) atoms. The Labute approximate surface area is 187 Å². The Kier molecular flexibility index (Phi) is 7.39. The lowest BCUT2D eigenvalue weighted by molar-refractivity contribution is -0.132. The summed E-state index contributed by atoms with van der Waals surface area (Å²) in [6.07, 6.45) is -0.193. The molecular weight excluding hydrogens is 427 g/mol. The number of halogens is 1. The summed E-state index contributed by atoms with van der Waals surface area (Å²) in [5, 5.41) is 8.97. The highest BCUT2D eigenvalue weighted by Crippen LogP contribution is 2.17. The number of hydrogen-bond donors (Lipinski definition) is 0. The first-order chi connectivity index (χ1) is 15.3. The zero-order valence-electron chi connectivity index (χ0n) is 17.7. The van der Waals surface area contributed by atoms with E-state index < -0.39 is 15.7 Å². The van der Waals surface area contributed by atoms with Gasteiger partial charge in [-0.1, -0.05) is 42.0 Å². The number of sulfone groups is 1. The van der Waals surface area contributed by atoms with Gasteiger partial charge in [0, 0.05) is 19.5 Å². The molecule has 0 saturated carbocycles. The van der Waals surface area contributed by atoms with E-state index in [0.29, 0.717) is 11.1 Å². The Morgan fingerprint density at radius 3 is 2.25 bits per heavy atom. The smallest absolute Gasteiger partial charge is 0.224 e. The van der Waals surface area contributed by atoms with Crippen LogP contribution >= 0.6 is 0 Å². The third-order valence-corrected chi connectivity index (χ3v) is 6.77. The molecule has 0 aliphatic heterocycles. The number of amides is 1. The molecule has 3 rings (SSSR count). The lowest BCUT2D eigenvalue weighted by atomic mass is 10.1. The van der Waals surface area contributed by atoms with Crippen molar-refractivity contribution < 1.29 is 17.6 Å². The monoisotopic (exact) mass is 450 g/mol. The van der Waals surface area contributed by atoms with Crippen LogP contribution in [0.2, 0.25) is 0 Å². The summed E-state index contributed by atoms with van der Waals surface area (Å²) in [7, 11) is -3.61. The van der Waals surface area contributed by atoms with E-state index in [1.165, 1.54) is 29.2 Å². The normalized spacial score (nSPS) is 11.0. The van der Waals surface area contributed by atoms with Crippen molar-refractivity contribution in [2.45, 2.75) is 31.3 Å². The molecule has 7 heteroatoms. The number of carbonyl (C=O) groups is 1. The third-order valence-electron chi connectivity index (χ3n) is 5.04. The summed E-state index contributed by atoms with van der Waals surface area (Å²) >= 11 is 0. The fourth-order valence-electron chi connectivity index (χ4n) is 3.24. The van der Waals surface area contributed by atoms with Gasteiger partial charge in [0.15, 0.2) is 9.84 Å². The molecule has 0 aliphatic rings. The Bertz CT molecular complexity index is 1230. The predicted octanol–water partition coefficient (Wildman–Crippen LogP) is 4.40. The van der Waals surface area contributed by atoms with Crippen LogP contribution in [-0.4, -0.2) is 25.0 Å². The second-order valence-corrected chi connectivity index (χ2v) is 9.68. The fourth-order valence-corrected chi connectivity index (χ4v) is 4.47. The zero-order valence-corrected chi connectivity index (χ0v) is 18.5. The number of nitriles is 1. The number of benzene rings is 3. The average Bonchev–Trinajstić information content (AvgIpc) is 2.78. The van der Waals surface area contributed by atoms with Gasteiger partial charge >= 0.3 is 0 Å². The molecule has 0 spiro atoms. The van der Waals surface area contributed by atoms with Gasteiger partial charge in [-0.2, -0.15) is 5.26 Å². The topological polar surface area (TPSA) is 78.2 Å². The van der Waals surface area contributed by atoms with E-state index in [0.717, 1.165) is 11.1 Å². The molecular formula is C25H23FN2O3S. The van der Waals surface area contributed by atoms with E-state index in [4.69, 9.17) is 5.26 Å². The van der Waals surface area contributed by atoms with E-state index in [2.05, 4.69) is 0 Å². The van der Waals surface area contributed by atoms with Crippen molar-refractivity contribution in [3.63, 3.8) is 0 Å². The van der Waals surface area contributed by atoms with Gasteiger partial charge < -0.3 is 4.90 Å². The van der Waals surface area contributed by atoms with Crippen LogP contribution in [0.25, 0.3) is 0 Å². The molecule has 0 heterocycles. The number of nitrogens with zero attached hydrogens (tertiary/aromatic N) is 2. The predicted molar refractivity (Wildman–Crippen MR) is 120 cm³/mol. The first-order valence-corrected chi connectivity index (χ1v) is 11.7. The molecule has 3 aromatic rings. The largest absolute Gasteiger partial charge is 0.334 e. The third kappa shape index (κ3) is 6.25. The van der Waals surface area contributed by atoms with Gasteiger partial charge in [0.05, 0.1) is 22.3 Å². The van der Waals surface area contributed by atoms with E-state index >= 15 is 0 Å². The van der Waals surface area contributed by atoms with E-state index in [-0.39, 0.29) is 36.1 Å². The molecule has 5 nitrogen and oxygen atoms in total. The maximum absolute atomic E-state index is 13.6. The SMILES string of the molecule is Cc1ccc(S(=O)(=O)CCC(=O)N(Cc2ccc(C#N)cc2)Cc2cccc(F)c2)cc1. The summed E-state index contributed by atoms with van der Waals surface area (Å²) in [5.74, 6) is -1.08. The molecule has 0 aliphatic carbocycles. The van der Waals surface area contributed by atoms with Crippen LogP contribution < -0.4 is 0 Å². The van der Waals surface area contributed by atoms with Gasteiger partial charge in [0.25, 0.3) is 0 Å². The van der Waals surface area contributed by atoms with Crippen molar-refractivity contribution in [1.82, 2.24) is 4.90 Å². The minimum Gasteiger partial charge on any atom is -0.334 e. The van der Waals surface area contributed by atoms with Gasteiger partial charge in [-0.15, -0.1) is 0 Å². The second-order valence-electron chi connectivity index (χ2n) is 7.57. The van der Waals surface area contributed by atoms with Crippen molar-refractivity contribution in [2.24, 2.45) is 0 Å². The molecule has 1 amide bonds. The summed E-state index contributed by atoms with van der Waals surface area (Å²) in [4.78, 5) is 14.7. The molecule has 0 bridgehead atoms. The minimum atomic E-state index is -3.61. The van der Waals surface area contributed by atoms with Gasteiger partial charge in [0.2, 0.25) is 5.91 Å². The van der Waals surface area contributed by atoms with Crippen LogP contribution in [0.4, 0.5) is 4.39 Å². The van der Waals surface area contributed by atoms with E-state index in [9.17, 15) is 17.6 Å². The Morgan fingerprint density at radius 1 is 0.969 bits per heavy atom. The Morgan fingerprint density at radius 2 is 1.62 bits per heavy atom. The Hall–Kier alpha value is -3.50. The van der Waals surface area contributed by atoms with Crippen molar-refractivity contribution in [3.05, 3.63) is 101 Å². The standard InChI is InChI=1S/C25H23FN2O3S/c1-19-5-11-24(12-6-19)32(30,31)14-13-25(29)28(18-22-3-2-4-23(26)15-22)17-21-9-7-20(16-27)8-10-21/h2-12,15H,13-14,17-18H2,1H3. The molecule has 0 unspecified atom stereocenters. The van der Waals surface area contributed by atoms with Crippen LogP contribution in [0.3, 0.4) is 0 Å². The van der Waals surface area contributed by atoms with E-state index in [1.54, 1.807) is 48.5 Å². The van der Waals surface area contributed by atoms with Crippen molar-refractivity contribution >= 4 is 15.7 Å². The maximum Gasteiger partial charge on any atom is 0.224 e. The van der Waals surface area contributed by atoms with Crippen LogP contribution in [0.5, 0.6) is 0 Å². The molecule has 0 atom stereocenters. The second kappa shape index (κ2) is 10.2. The quantitative estimate of drug-likeness (QED) is 0.510. The van der Waals surface area contributed by atoms with Crippen molar-refractivity contribution in [3.8, 4) is 6.07 Å². The van der Waals surface area contributed by atoms with Crippen LogP contribution in [0, 0.1) is 24.1 Å². The van der Waals surface area contributed by atoms with Gasteiger partial charge in [0.1, 0.15) is 5.82 Å². The van der Waals surface area contributed by atoms with Crippen LogP contribution in [0.15, 0.2) is 77.7 Å². The van der Waals surface area contributed by atoms with Gasteiger partial charge in [-0.05, 0) is 54.4 Å². The first kappa shape index (κ1) is 23.2. The fraction of sp³-hybridized carbons (Fsp3) is 0.200. The highest BCUT2D eigenvalue weighted by molar-refractivity contribution is 7.91. The number of carbonyl (C=O) groups excluding carboxylic acids is 1. The molecule has 3 aromatic carbocycles. The average molecular weight is 451 g/mol. The van der Waals surface area contributed by atoms with E-state index in [1.807, 2.05) is 13.0 Å².